The van der Waals surface area contributed by atoms with Gasteiger partial charge in [-0.05, 0) is 18.2 Å². The molecule has 2 aromatic heterocycles. The molecule has 0 bridgehead atoms. The third-order valence-corrected chi connectivity index (χ3v) is 2.75. The first kappa shape index (κ1) is 13.5. The minimum atomic E-state index is -4.67. The van der Waals surface area contributed by atoms with Gasteiger partial charge in [-0.1, -0.05) is 0 Å². The third kappa shape index (κ3) is 2.44. The SMILES string of the molecule is Fc1ccc2oc(-c3cc(C(F)(F)F)cnc3F)nc2c1. The number of pyridine rings is 1. The Kier molecular flexibility index (Phi) is 2.89. The maximum Gasteiger partial charge on any atom is 0.417 e. The molecule has 0 spiro atoms. The van der Waals surface area contributed by atoms with Crippen LogP contribution in [0.3, 0.4) is 0 Å². The Morgan fingerprint density at radius 3 is 2.52 bits per heavy atom. The number of halogens is 5. The molecular weight excluding hydrogens is 295 g/mol. The number of rotatable bonds is 1. The smallest absolute Gasteiger partial charge is 0.417 e. The van der Waals surface area contributed by atoms with Gasteiger partial charge in [-0.15, -0.1) is 0 Å². The van der Waals surface area contributed by atoms with Crippen molar-refractivity contribution in [3.8, 4) is 11.5 Å². The summed E-state index contributed by atoms with van der Waals surface area (Å²) in [6, 6.07) is 3.92. The Hall–Kier alpha value is -2.51. The largest absolute Gasteiger partial charge is 0.436 e. The summed E-state index contributed by atoms with van der Waals surface area (Å²) in [6.07, 6.45) is -4.30. The molecule has 21 heavy (non-hydrogen) atoms. The highest BCUT2D eigenvalue weighted by Gasteiger charge is 2.32. The molecule has 0 aliphatic heterocycles. The molecule has 0 aliphatic rings. The zero-order chi connectivity index (χ0) is 15.2. The summed E-state index contributed by atoms with van der Waals surface area (Å²) in [7, 11) is 0. The van der Waals surface area contributed by atoms with E-state index < -0.39 is 35.0 Å². The minimum Gasteiger partial charge on any atom is -0.436 e. The molecule has 0 saturated carbocycles. The van der Waals surface area contributed by atoms with Gasteiger partial charge in [0.2, 0.25) is 11.8 Å². The summed E-state index contributed by atoms with van der Waals surface area (Å²) in [6.45, 7) is 0. The normalized spacial score (nSPS) is 12.0. The van der Waals surface area contributed by atoms with Crippen molar-refractivity contribution >= 4 is 11.1 Å². The van der Waals surface area contributed by atoms with E-state index in [4.69, 9.17) is 4.42 Å². The second-order valence-corrected chi connectivity index (χ2v) is 4.19. The van der Waals surface area contributed by atoms with Crippen molar-refractivity contribution in [3.63, 3.8) is 0 Å². The van der Waals surface area contributed by atoms with Crippen molar-refractivity contribution in [1.29, 1.82) is 0 Å². The molecule has 0 amide bonds. The van der Waals surface area contributed by atoms with E-state index in [1.54, 1.807) is 0 Å². The number of oxazole rings is 1. The molecule has 1 aromatic carbocycles. The van der Waals surface area contributed by atoms with E-state index in [0.717, 1.165) is 12.1 Å². The lowest BCUT2D eigenvalue weighted by atomic mass is 10.2. The average Bonchev–Trinajstić information content (AvgIpc) is 2.80. The minimum absolute atomic E-state index is 0.0711. The molecule has 3 rings (SSSR count). The van der Waals surface area contributed by atoms with Gasteiger partial charge in [0.25, 0.3) is 0 Å². The van der Waals surface area contributed by atoms with E-state index in [1.165, 1.54) is 6.07 Å². The zero-order valence-corrected chi connectivity index (χ0v) is 10.1. The molecule has 0 fully saturated rings. The summed E-state index contributed by atoms with van der Waals surface area (Å²) >= 11 is 0. The molecule has 8 heteroatoms. The third-order valence-electron chi connectivity index (χ3n) is 2.75. The lowest BCUT2D eigenvalue weighted by Crippen LogP contribution is -2.06. The van der Waals surface area contributed by atoms with E-state index in [1.807, 2.05) is 0 Å². The number of hydrogen-bond donors (Lipinski definition) is 0. The van der Waals surface area contributed by atoms with Gasteiger partial charge in [0.15, 0.2) is 5.58 Å². The monoisotopic (exact) mass is 300 g/mol. The predicted octanol–water partition coefficient (Wildman–Crippen LogP) is 4.19. The first-order valence-electron chi connectivity index (χ1n) is 5.64. The Balaban J connectivity index is 2.17. The molecule has 0 aliphatic carbocycles. The van der Waals surface area contributed by atoms with Crippen molar-refractivity contribution in [1.82, 2.24) is 9.97 Å². The van der Waals surface area contributed by atoms with Crippen LogP contribution in [0.2, 0.25) is 0 Å². The van der Waals surface area contributed by atoms with E-state index in [2.05, 4.69) is 9.97 Å². The van der Waals surface area contributed by atoms with Crippen LogP contribution in [0.15, 0.2) is 34.9 Å². The van der Waals surface area contributed by atoms with Crippen LogP contribution in [0.1, 0.15) is 5.56 Å². The van der Waals surface area contributed by atoms with Gasteiger partial charge in [-0.2, -0.15) is 17.6 Å². The molecule has 2 heterocycles. The van der Waals surface area contributed by atoms with E-state index in [0.29, 0.717) is 12.3 Å². The van der Waals surface area contributed by atoms with Crippen LogP contribution in [0.25, 0.3) is 22.6 Å². The van der Waals surface area contributed by atoms with Crippen LogP contribution in [-0.2, 0) is 6.18 Å². The molecular formula is C13H5F5N2O. The van der Waals surface area contributed by atoms with Gasteiger partial charge in [-0.3, -0.25) is 0 Å². The lowest BCUT2D eigenvalue weighted by Gasteiger charge is -2.06. The number of hydrogen-bond acceptors (Lipinski definition) is 3. The highest BCUT2D eigenvalue weighted by Crippen LogP contribution is 2.33. The fourth-order valence-corrected chi connectivity index (χ4v) is 1.77. The van der Waals surface area contributed by atoms with Crippen LogP contribution in [0.5, 0.6) is 0 Å². The fourth-order valence-electron chi connectivity index (χ4n) is 1.77. The van der Waals surface area contributed by atoms with Crippen molar-refractivity contribution in [2.75, 3.05) is 0 Å². The van der Waals surface area contributed by atoms with Gasteiger partial charge >= 0.3 is 6.18 Å². The van der Waals surface area contributed by atoms with Crippen LogP contribution >= 0.6 is 0 Å². The molecule has 0 saturated heterocycles. The fraction of sp³-hybridized carbons (Fsp3) is 0.0769. The predicted molar refractivity (Wildman–Crippen MR) is 62.2 cm³/mol. The maximum absolute atomic E-state index is 13.6. The van der Waals surface area contributed by atoms with Crippen molar-refractivity contribution in [2.24, 2.45) is 0 Å². The molecule has 0 radical (unpaired) electrons. The zero-order valence-electron chi connectivity index (χ0n) is 10.1. The van der Waals surface area contributed by atoms with Gasteiger partial charge in [0, 0.05) is 12.3 Å². The van der Waals surface area contributed by atoms with Gasteiger partial charge in [0.1, 0.15) is 11.3 Å². The number of fused-ring (bicyclic) bond motifs is 1. The van der Waals surface area contributed by atoms with Crippen molar-refractivity contribution in [2.45, 2.75) is 6.18 Å². The molecule has 3 aromatic rings. The van der Waals surface area contributed by atoms with Gasteiger partial charge in [0.05, 0.1) is 11.1 Å². The first-order valence-corrected chi connectivity index (χ1v) is 5.64. The van der Waals surface area contributed by atoms with Crippen LogP contribution in [0, 0.1) is 11.8 Å². The molecule has 0 unspecified atom stereocenters. The second kappa shape index (κ2) is 4.51. The van der Waals surface area contributed by atoms with Crippen LogP contribution < -0.4 is 0 Å². The lowest BCUT2D eigenvalue weighted by molar-refractivity contribution is -0.137. The topological polar surface area (TPSA) is 38.9 Å². The summed E-state index contributed by atoms with van der Waals surface area (Å²) in [4.78, 5) is 6.82. The Morgan fingerprint density at radius 2 is 1.81 bits per heavy atom. The van der Waals surface area contributed by atoms with E-state index >= 15 is 0 Å². The molecule has 0 atom stereocenters. The average molecular weight is 300 g/mol. The summed E-state index contributed by atoms with van der Waals surface area (Å²) < 4.78 is 69.6. The highest BCUT2D eigenvalue weighted by atomic mass is 19.4. The summed E-state index contributed by atoms with van der Waals surface area (Å²) in [5, 5.41) is 0. The molecule has 108 valence electrons. The molecule has 3 nitrogen and oxygen atoms in total. The summed E-state index contributed by atoms with van der Waals surface area (Å²) in [5.74, 6) is -2.15. The Bertz CT molecular complexity index is 825. The standard InChI is InChI=1S/C13H5F5N2O/c14-7-1-2-10-9(4-7)20-12(21-10)8-3-6(13(16,17)18)5-19-11(8)15/h1-5H. The van der Waals surface area contributed by atoms with Gasteiger partial charge in [-0.25, -0.2) is 14.4 Å². The van der Waals surface area contributed by atoms with E-state index in [9.17, 15) is 22.0 Å². The molecule has 0 N–H and O–H groups in total. The van der Waals surface area contributed by atoms with Crippen molar-refractivity contribution in [3.05, 3.63) is 47.8 Å². The van der Waals surface area contributed by atoms with E-state index in [-0.39, 0.29) is 11.1 Å². The first-order chi connectivity index (χ1) is 9.84. The van der Waals surface area contributed by atoms with Gasteiger partial charge < -0.3 is 4.42 Å². The number of nitrogens with zero attached hydrogens (tertiary/aromatic N) is 2. The number of aromatic nitrogens is 2. The Labute approximate surface area is 114 Å². The maximum atomic E-state index is 13.6. The quantitative estimate of drug-likeness (QED) is 0.500. The second-order valence-electron chi connectivity index (χ2n) is 4.19. The number of benzene rings is 1. The number of alkyl halides is 3. The summed E-state index contributed by atoms with van der Waals surface area (Å²) in [5.41, 5.74) is -1.47. The van der Waals surface area contributed by atoms with Crippen LogP contribution in [0.4, 0.5) is 22.0 Å². The Morgan fingerprint density at radius 1 is 1.05 bits per heavy atom. The van der Waals surface area contributed by atoms with Crippen molar-refractivity contribution < 1.29 is 26.4 Å². The highest BCUT2D eigenvalue weighted by molar-refractivity contribution is 5.76. The van der Waals surface area contributed by atoms with Crippen LogP contribution in [-0.4, -0.2) is 9.97 Å².